The highest BCUT2D eigenvalue weighted by Gasteiger charge is 2.00. The van der Waals surface area contributed by atoms with E-state index in [2.05, 4.69) is 42.9 Å². The molecule has 0 spiro atoms. The fourth-order valence-corrected chi connectivity index (χ4v) is 1.84. The van der Waals surface area contributed by atoms with Crippen molar-refractivity contribution in [2.75, 3.05) is 5.32 Å². The van der Waals surface area contributed by atoms with Crippen molar-refractivity contribution in [3.8, 4) is 0 Å². The third-order valence-electron chi connectivity index (χ3n) is 1.46. The summed E-state index contributed by atoms with van der Waals surface area (Å²) in [4.78, 5) is 12.5. The van der Waals surface area contributed by atoms with Gasteiger partial charge < -0.3 is 5.32 Å². The van der Waals surface area contributed by atoms with Gasteiger partial charge in [0.2, 0.25) is 5.95 Å². The molecule has 0 saturated carbocycles. The van der Waals surface area contributed by atoms with E-state index in [4.69, 9.17) is 0 Å². The summed E-state index contributed by atoms with van der Waals surface area (Å²) in [5, 5.41) is 5.84. The summed E-state index contributed by atoms with van der Waals surface area (Å²) in [6.07, 6.45) is 3.52. The lowest BCUT2D eigenvalue weighted by atomic mass is 10.6. The van der Waals surface area contributed by atoms with Crippen molar-refractivity contribution < 1.29 is 0 Å². The fourth-order valence-electron chi connectivity index (χ4n) is 0.884. The Hall–Kier alpha value is -0.760. The summed E-state index contributed by atoms with van der Waals surface area (Å²) in [6.45, 7) is 1.95. The molecular weight excluding hydrogens is 311 g/mol. The molecule has 0 unspecified atom stereocenters. The predicted molar refractivity (Wildman–Crippen MR) is 64.9 cm³/mol. The first-order valence-corrected chi connectivity index (χ1v) is 5.86. The van der Waals surface area contributed by atoms with Crippen LogP contribution in [-0.4, -0.2) is 15.0 Å². The molecule has 0 fully saturated rings. The van der Waals surface area contributed by atoms with Gasteiger partial charge in [-0.05, 0) is 29.5 Å². The van der Waals surface area contributed by atoms with Gasteiger partial charge in [0, 0.05) is 21.3 Å². The number of nitrogens with zero attached hydrogens (tertiary/aromatic N) is 3. The quantitative estimate of drug-likeness (QED) is 0.865. The molecule has 6 heteroatoms. The minimum atomic E-state index is 0.583. The first-order valence-electron chi connectivity index (χ1n) is 3.91. The van der Waals surface area contributed by atoms with E-state index in [1.807, 2.05) is 12.3 Å². The lowest BCUT2D eigenvalue weighted by molar-refractivity contribution is 1.14. The molecule has 0 amide bonds. The van der Waals surface area contributed by atoms with E-state index in [-0.39, 0.29) is 0 Å². The Bertz CT molecular complexity index is 425. The van der Waals surface area contributed by atoms with Gasteiger partial charge in [-0.1, -0.05) is 0 Å². The topological polar surface area (TPSA) is 50.7 Å². The van der Waals surface area contributed by atoms with Gasteiger partial charge >= 0.3 is 0 Å². The van der Waals surface area contributed by atoms with Gasteiger partial charge in [-0.25, -0.2) is 15.0 Å². The molecular formula is C8H7IN4S. The average molecular weight is 318 g/mol. The number of halogens is 1. The Kier molecular flexibility index (Phi) is 2.92. The number of anilines is 2. The second-order valence-electron chi connectivity index (χ2n) is 2.64. The van der Waals surface area contributed by atoms with Crippen molar-refractivity contribution in [1.82, 2.24) is 15.0 Å². The van der Waals surface area contributed by atoms with E-state index in [0.717, 1.165) is 14.4 Å². The summed E-state index contributed by atoms with van der Waals surface area (Å²) in [6, 6.07) is 0. The van der Waals surface area contributed by atoms with Gasteiger partial charge in [0.25, 0.3) is 0 Å². The van der Waals surface area contributed by atoms with E-state index >= 15 is 0 Å². The molecule has 2 rings (SSSR count). The minimum Gasteiger partial charge on any atom is -0.300 e. The Labute approximate surface area is 99.0 Å². The number of aromatic nitrogens is 3. The van der Waals surface area contributed by atoms with E-state index in [9.17, 15) is 0 Å². The van der Waals surface area contributed by atoms with Crippen LogP contribution in [0.25, 0.3) is 0 Å². The smallest absolute Gasteiger partial charge is 0.228 e. The molecule has 4 nitrogen and oxygen atoms in total. The average Bonchev–Trinajstić information content (AvgIpc) is 2.56. The largest absolute Gasteiger partial charge is 0.300 e. The predicted octanol–water partition coefficient (Wildman–Crippen LogP) is 2.59. The second-order valence-corrected chi connectivity index (χ2v) is 4.75. The number of aryl methyl sites for hydroxylation is 1. The van der Waals surface area contributed by atoms with E-state index in [1.165, 1.54) is 0 Å². The van der Waals surface area contributed by atoms with E-state index < -0.39 is 0 Å². The molecule has 0 aliphatic carbocycles. The Balaban J connectivity index is 2.15. The monoisotopic (exact) mass is 318 g/mol. The highest BCUT2D eigenvalue weighted by atomic mass is 127. The number of nitrogens with one attached hydrogen (secondary N) is 1. The molecule has 0 atom stereocenters. The number of hydrogen-bond donors (Lipinski definition) is 1. The molecule has 0 saturated heterocycles. The van der Waals surface area contributed by atoms with Crippen LogP contribution in [0, 0.1) is 10.5 Å². The molecule has 2 aromatic heterocycles. The first kappa shape index (κ1) is 9.78. The van der Waals surface area contributed by atoms with Gasteiger partial charge in [-0.3, -0.25) is 0 Å². The molecule has 72 valence electrons. The zero-order valence-electron chi connectivity index (χ0n) is 7.36. The highest BCUT2D eigenvalue weighted by molar-refractivity contribution is 14.1. The molecule has 0 aliphatic heterocycles. The summed E-state index contributed by atoms with van der Waals surface area (Å²) in [5.74, 6) is 0.583. The van der Waals surface area contributed by atoms with Crippen molar-refractivity contribution in [3.05, 3.63) is 27.0 Å². The number of rotatable bonds is 2. The van der Waals surface area contributed by atoms with Gasteiger partial charge in [0.1, 0.15) is 0 Å². The maximum Gasteiger partial charge on any atom is 0.228 e. The molecule has 1 N–H and O–H groups in total. The maximum absolute atomic E-state index is 4.25. The van der Waals surface area contributed by atoms with Crippen molar-refractivity contribution in [1.29, 1.82) is 0 Å². The summed E-state index contributed by atoms with van der Waals surface area (Å²) in [5.41, 5.74) is 1.00. The fraction of sp³-hybridized carbons (Fsp3) is 0.125. The lowest BCUT2D eigenvalue weighted by Gasteiger charge is -1.98. The molecule has 0 bridgehead atoms. The van der Waals surface area contributed by atoms with Crippen LogP contribution in [0.3, 0.4) is 0 Å². The Morgan fingerprint density at radius 3 is 2.64 bits per heavy atom. The maximum atomic E-state index is 4.25. The third kappa shape index (κ3) is 2.38. The molecule has 0 aliphatic rings. The number of hydrogen-bond acceptors (Lipinski definition) is 5. The van der Waals surface area contributed by atoms with Crippen LogP contribution < -0.4 is 5.32 Å². The molecule has 2 aromatic rings. The summed E-state index contributed by atoms with van der Waals surface area (Å²) >= 11 is 3.71. The van der Waals surface area contributed by atoms with Crippen molar-refractivity contribution in [2.45, 2.75) is 6.92 Å². The standard InChI is InChI=1S/C8H7IN4S/c1-5-4-14-8(12-5)13-7-10-2-6(9)3-11-7/h2-4H,1H3,(H,10,11,12,13). The van der Waals surface area contributed by atoms with Gasteiger partial charge in [0.05, 0.1) is 5.69 Å². The van der Waals surface area contributed by atoms with Crippen LogP contribution in [0.2, 0.25) is 0 Å². The normalized spacial score (nSPS) is 10.1. The third-order valence-corrected chi connectivity index (χ3v) is 2.89. The van der Waals surface area contributed by atoms with Crippen LogP contribution >= 0.6 is 33.9 Å². The molecule has 14 heavy (non-hydrogen) atoms. The van der Waals surface area contributed by atoms with Gasteiger partial charge in [-0.15, -0.1) is 11.3 Å². The zero-order chi connectivity index (χ0) is 9.97. The summed E-state index contributed by atoms with van der Waals surface area (Å²) in [7, 11) is 0. The SMILES string of the molecule is Cc1csc(Nc2ncc(I)cn2)n1. The van der Waals surface area contributed by atoms with Crippen LogP contribution in [0.4, 0.5) is 11.1 Å². The van der Waals surface area contributed by atoms with Crippen molar-refractivity contribution in [2.24, 2.45) is 0 Å². The second kappa shape index (κ2) is 4.18. The molecule has 2 heterocycles. The van der Waals surface area contributed by atoms with E-state index in [1.54, 1.807) is 23.7 Å². The minimum absolute atomic E-state index is 0.583. The lowest BCUT2D eigenvalue weighted by Crippen LogP contribution is -1.96. The van der Waals surface area contributed by atoms with Crippen LogP contribution in [-0.2, 0) is 0 Å². The van der Waals surface area contributed by atoms with E-state index in [0.29, 0.717) is 5.95 Å². The summed E-state index contributed by atoms with van der Waals surface area (Å²) < 4.78 is 1.02. The zero-order valence-corrected chi connectivity index (χ0v) is 10.3. The van der Waals surface area contributed by atoms with Crippen LogP contribution in [0.15, 0.2) is 17.8 Å². The van der Waals surface area contributed by atoms with Crippen molar-refractivity contribution >= 4 is 45.0 Å². The highest BCUT2D eigenvalue weighted by Crippen LogP contribution is 2.17. The van der Waals surface area contributed by atoms with Crippen LogP contribution in [0.1, 0.15) is 5.69 Å². The van der Waals surface area contributed by atoms with Gasteiger partial charge in [0.15, 0.2) is 5.13 Å². The Morgan fingerprint density at radius 2 is 2.07 bits per heavy atom. The van der Waals surface area contributed by atoms with Gasteiger partial charge in [-0.2, -0.15) is 0 Å². The van der Waals surface area contributed by atoms with Crippen LogP contribution in [0.5, 0.6) is 0 Å². The molecule has 0 radical (unpaired) electrons. The van der Waals surface area contributed by atoms with Crippen molar-refractivity contribution in [3.63, 3.8) is 0 Å². The number of thiazole rings is 1. The Morgan fingerprint density at radius 1 is 1.36 bits per heavy atom. The first-order chi connectivity index (χ1) is 6.74. The molecule has 0 aromatic carbocycles.